The van der Waals surface area contributed by atoms with Crippen LogP contribution in [0.25, 0.3) is 28.2 Å². The van der Waals surface area contributed by atoms with Gasteiger partial charge in [0.1, 0.15) is 0 Å². The first kappa shape index (κ1) is 16.4. The second-order valence-electron chi connectivity index (χ2n) is 6.89. The average Bonchev–Trinajstić information content (AvgIpc) is 3.04. The molecule has 28 heavy (non-hydrogen) atoms. The summed E-state index contributed by atoms with van der Waals surface area (Å²) >= 11 is 0. The van der Waals surface area contributed by atoms with Gasteiger partial charge in [-0.15, -0.1) is 0 Å². The van der Waals surface area contributed by atoms with Crippen LogP contribution in [0.2, 0.25) is 0 Å². The number of para-hydroxylation sites is 2. The molecular weight excluding hydrogens is 348 g/mol. The van der Waals surface area contributed by atoms with Crippen molar-refractivity contribution in [2.75, 3.05) is 0 Å². The van der Waals surface area contributed by atoms with E-state index in [4.69, 9.17) is 4.98 Å². The summed E-state index contributed by atoms with van der Waals surface area (Å²) in [6.07, 6.45) is 1.71. The van der Waals surface area contributed by atoms with Gasteiger partial charge in [0.25, 0.3) is 5.56 Å². The molecule has 0 saturated heterocycles. The smallest absolute Gasteiger partial charge is 0.260 e. The predicted molar refractivity (Wildman–Crippen MR) is 110 cm³/mol. The largest absolute Gasteiger partial charge is 0.305 e. The topological polar surface area (TPSA) is 52.2 Å². The highest BCUT2D eigenvalue weighted by Crippen LogP contribution is 2.22. The van der Waals surface area contributed by atoms with Gasteiger partial charge < -0.3 is 4.57 Å². The monoisotopic (exact) mass is 366 g/mol. The fourth-order valence-electron chi connectivity index (χ4n) is 3.54. The first-order chi connectivity index (χ1) is 13.7. The molecule has 0 aliphatic carbocycles. The number of benzene rings is 2. The van der Waals surface area contributed by atoms with Gasteiger partial charge in [-0.1, -0.05) is 48.0 Å². The Morgan fingerprint density at radius 1 is 0.857 bits per heavy atom. The molecule has 136 valence electrons. The van der Waals surface area contributed by atoms with E-state index in [-0.39, 0.29) is 5.56 Å². The lowest BCUT2D eigenvalue weighted by Gasteiger charge is -2.07. The molecule has 0 atom stereocenters. The molecule has 0 N–H and O–H groups in total. The van der Waals surface area contributed by atoms with Gasteiger partial charge >= 0.3 is 0 Å². The number of hydrogen-bond acceptors (Lipinski definition) is 3. The Hall–Kier alpha value is -3.73. The first-order valence-electron chi connectivity index (χ1n) is 9.19. The van der Waals surface area contributed by atoms with Gasteiger partial charge in [-0.05, 0) is 36.8 Å². The van der Waals surface area contributed by atoms with E-state index in [1.54, 1.807) is 16.7 Å². The Labute approximate surface area is 161 Å². The molecule has 0 fully saturated rings. The predicted octanol–water partition coefficient (Wildman–Crippen LogP) is 4.07. The van der Waals surface area contributed by atoms with E-state index in [1.165, 1.54) is 5.56 Å². The zero-order valence-electron chi connectivity index (χ0n) is 15.4. The lowest BCUT2D eigenvalue weighted by Crippen LogP contribution is -2.15. The molecule has 0 saturated carbocycles. The van der Waals surface area contributed by atoms with E-state index in [0.717, 1.165) is 16.6 Å². The zero-order chi connectivity index (χ0) is 19.1. The summed E-state index contributed by atoms with van der Waals surface area (Å²) in [5.74, 6) is 0.620. The standard InChI is InChI=1S/C23H18N4O/c1-16-9-11-17(12-10-16)15-26-20-7-2-3-8-21(20)27-22(28)14-19(25-23(26)27)18-6-4-5-13-24-18/h2-14H,15H2,1H3. The molecule has 0 unspecified atom stereocenters. The van der Waals surface area contributed by atoms with Gasteiger partial charge in [0.15, 0.2) is 0 Å². The normalized spacial score (nSPS) is 11.3. The van der Waals surface area contributed by atoms with Crippen LogP contribution < -0.4 is 5.56 Å². The Balaban J connectivity index is 1.79. The highest BCUT2D eigenvalue weighted by atomic mass is 16.1. The van der Waals surface area contributed by atoms with Gasteiger partial charge in [0.2, 0.25) is 5.78 Å². The highest BCUT2D eigenvalue weighted by Gasteiger charge is 2.15. The molecule has 0 amide bonds. The Morgan fingerprint density at radius 3 is 2.36 bits per heavy atom. The van der Waals surface area contributed by atoms with Crippen molar-refractivity contribution in [3.05, 3.63) is 100 Å². The van der Waals surface area contributed by atoms with E-state index in [9.17, 15) is 4.79 Å². The molecule has 0 bridgehead atoms. The molecular formula is C23H18N4O. The van der Waals surface area contributed by atoms with Gasteiger partial charge in [-0.25, -0.2) is 9.38 Å². The van der Waals surface area contributed by atoms with Crippen molar-refractivity contribution in [2.45, 2.75) is 13.5 Å². The van der Waals surface area contributed by atoms with Crippen LogP contribution in [0.15, 0.2) is 83.8 Å². The fraction of sp³-hybridized carbons (Fsp3) is 0.0870. The van der Waals surface area contributed by atoms with Crippen molar-refractivity contribution in [3.8, 4) is 11.4 Å². The summed E-state index contributed by atoms with van der Waals surface area (Å²) < 4.78 is 3.77. The minimum Gasteiger partial charge on any atom is -0.305 e. The maximum absolute atomic E-state index is 13.0. The number of imidazole rings is 1. The van der Waals surface area contributed by atoms with Gasteiger partial charge in [0, 0.05) is 12.3 Å². The third-order valence-electron chi connectivity index (χ3n) is 4.94. The minimum atomic E-state index is -0.107. The van der Waals surface area contributed by atoms with Gasteiger partial charge in [-0.3, -0.25) is 9.78 Å². The third kappa shape index (κ3) is 2.68. The van der Waals surface area contributed by atoms with Crippen LogP contribution in [0.1, 0.15) is 11.1 Å². The van der Waals surface area contributed by atoms with Crippen LogP contribution in [0.5, 0.6) is 0 Å². The molecule has 5 nitrogen and oxygen atoms in total. The summed E-state index contributed by atoms with van der Waals surface area (Å²) in [5.41, 5.74) is 5.38. The lowest BCUT2D eigenvalue weighted by atomic mass is 10.1. The zero-order valence-corrected chi connectivity index (χ0v) is 15.4. The number of nitrogens with zero attached hydrogens (tertiary/aromatic N) is 4. The van der Waals surface area contributed by atoms with E-state index in [0.29, 0.717) is 23.7 Å². The number of hydrogen-bond donors (Lipinski definition) is 0. The SMILES string of the molecule is Cc1ccc(Cn2c3ccccc3n3c(=O)cc(-c4ccccn4)nc23)cc1. The summed E-state index contributed by atoms with van der Waals surface area (Å²) in [4.78, 5) is 22.2. The van der Waals surface area contributed by atoms with Crippen LogP contribution in [-0.2, 0) is 6.54 Å². The molecule has 3 heterocycles. The molecule has 0 spiro atoms. The Bertz CT molecular complexity index is 1350. The maximum Gasteiger partial charge on any atom is 0.260 e. The second-order valence-corrected chi connectivity index (χ2v) is 6.89. The van der Waals surface area contributed by atoms with Crippen molar-refractivity contribution < 1.29 is 0 Å². The lowest BCUT2D eigenvalue weighted by molar-refractivity contribution is 0.833. The van der Waals surface area contributed by atoms with Crippen molar-refractivity contribution in [1.29, 1.82) is 0 Å². The van der Waals surface area contributed by atoms with Crippen molar-refractivity contribution >= 4 is 16.8 Å². The number of pyridine rings is 1. The molecule has 0 aliphatic heterocycles. The number of fused-ring (bicyclic) bond motifs is 3. The fourth-order valence-corrected chi connectivity index (χ4v) is 3.54. The molecule has 0 radical (unpaired) electrons. The molecule has 2 aromatic carbocycles. The highest BCUT2D eigenvalue weighted by molar-refractivity contribution is 5.81. The average molecular weight is 366 g/mol. The van der Waals surface area contributed by atoms with Crippen LogP contribution in [0.3, 0.4) is 0 Å². The van der Waals surface area contributed by atoms with Crippen LogP contribution in [0, 0.1) is 6.92 Å². The van der Waals surface area contributed by atoms with E-state index >= 15 is 0 Å². The van der Waals surface area contributed by atoms with E-state index < -0.39 is 0 Å². The maximum atomic E-state index is 13.0. The first-order valence-corrected chi connectivity index (χ1v) is 9.19. The molecule has 5 rings (SSSR count). The summed E-state index contributed by atoms with van der Waals surface area (Å²) in [5, 5.41) is 0. The van der Waals surface area contributed by atoms with Crippen LogP contribution in [0.4, 0.5) is 0 Å². The summed E-state index contributed by atoms with van der Waals surface area (Å²) in [7, 11) is 0. The molecule has 5 heteroatoms. The van der Waals surface area contributed by atoms with Crippen LogP contribution >= 0.6 is 0 Å². The van der Waals surface area contributed by atoms with Crippen LogP contribution in [-0.4, -0.2) is 18.9 Å². The summed E-state index contributed by atoms with van der Waals surface area (Å²) in [6.45, 7) is 2.71. The number of aromatic nitrogens is 4. The molecule has 5 aromatic rings. The third-order valence-corrected chi connectivity index (χ3v) is 4.94. The van der Waals surface area contributed by atoms with Crippen molar-refractivity contribution in [3.63, 3.8) is 0 Å². The molecule has 0 aliphatic rings. The Morgan fingerprint density at radius 2 is 1.61 bits per heavy atom. The van der Waals surface area contributed by atoms with E-state index in [2.05, 4.69) is 40.7 Å². The van der Waals surface area contributed by atoms with Gasteiger partial charge in [0.05, 0.1) is 29.0 Å². The van der Waals surface area contributed by atoms with Gasteiger partial charge in [-0.2, -0.15) is 0 Å². The summed E-state index contributed by atoms with van der Waals surface area (Å²) in [6, 6.07) is 23.5. The van der Waals surface area contributed by atoms with E-state index in [1.807, 2.05) is 42.5 Å². The molecule has 3 aromatic heterocycles. The van der Waals surface area contributed by atoms with Crippen molar-refractivity contribution in [1.82, 2.24) is 18.9 Å². The minimum absolute atomic E-state index is 0.107. The van der Waals surface area contributed by atoms with Crippen molar-refractivity contribution in [2.24, 2.45) is 0 Å². The number of aryl methyl sites for hydroxylation is 1. The Kier molecular flexibility index (Phi) is 3.79. The second kappa shape index (κ2) is 6.46. The quantitative estimate of drug-likeness (QED) is 0.484. The number of rotatable bonds is 3.